The Morgan fingerprint density at radius 1 is 1.48 bits per heavy atom. The van der Waals surface area contributed by atoms with E-state index in [1.165, 1.54) is 22.4 Å². The summed E-state index contributed by atoms with van der Waals surface area (Å²) >= 11 is 1.76. The van der Waals surface area contributed by atoms with Crippen LogP contribution in [0.5, 0.6) is 0 Å². The highest BCUT2D eigenvalue weighted by Crippen LogP contribution is 2.30. The number of nitrogens with zero attached hydrogens (tertiary/aromatic N) is 1. The highest BCUT2D eigenvalue weighted by molar-refractivity contribution is 7.12. The first-order valence-corrected chi connectivity index (χ1v) is 7.42. The molecule has 3 N–H and O–H groups in total. The molecule has 5 nitrogen and oxygen atoms in total. The van der Waals surface area contributed by atoms with Gasteiger partial charge < -0.3 is 15.8 Å². The lowest BCUT2D eigenvalue weighted by molar-refractivity contribution is 0.0602. The zero-order chi connectivity index (χ0) is 15.6. The van der Waals surface area contributed by atoms with E-state index in [4.69, 9.17) is 10.5 Å². The summed E-state index contributed by atoms with van der Waals surface area (Å²) < 4.78 is 4.71. The van der Waals surface area contributed by atoms with Gasteiger partial charge in [-0.1, -0.05) is 0 Å². The maximum Gasteiger partial charge on any atom is 0.340 e. The van der Waals surface area contributed by atoms with E-state index >= 15 is 0 Å². The van der Waals surface area contributed by atoms with E-state index in [9.17, 15) is 4.79 Å². The molecule has 0 radical (unpaired) electrons. The molecule has 1 unspecified atom stereocenters. The zero-order valence-electron chi connectivity index (χ0n) is 12.6. The number of hydrogen-bond donors (Lipinski definition) is 2. The standard InChI is InChI=1S/C15H19N3O2S/c1-8-7-12(10(3)21-8)9(2)18-14-13(16)11(5-6-17-14)15(19)20-4/h5-7,9H,16H2,1-4H3,(H,17,18). The fourth-order valence-electron chi connectivity index (χ4n) is 2.24. The molecule has 2 heterocycles. The molecule has 0 saturated carbocycles. The van der Waals surface area contributed by atoms with Crippen molar-refractivity contribution in [2.45, 2.75) is 26.8 Å². The molecule has 0 amide bonds. The number of anilines is 2. The van der Waals surface area contributed by atoms with Gasteiger partial charge in [-0.3, -0.25) is 0 Å². The molecule has 0 saturated heterocycles. The number of rotatable bonds is 4. The quantitative estimate of drug-likeness (QED) is 0.847. The Morgan fingerprint density at radius 3 is 2.76 bits per heavy atom. The third kappa shape index (κ3) is 3.16. The maximum atomic E-state index is 11.6. The minimum atomic E-state index is -0.465. The molecule has 0 fully saturated rings. The molecule has 0 aliphatic rings. The number of nitrogens with one attached hydrogen (secondary N) is 1. The summed E-state index contributed by atoms with van der Waals surface area (Å²) in [5.41, 5.74) is 7.84. The van der Waals surface area contributed by atoms with Gasteiger partial charge in [-0.15, -0.1) is 11.3 Å². The fourth-order valence-corrected chi connectivity index (χ4v) is 3.26. The summed E-state index contributed by atoms with van der Waals surface area (Å²) in [6.07, 6.45) is 1.55. The van der Waals surface area contributed by atoms with Crippen molar-refractivity contribution in [3.05, 3.63) is 39.2 Å². The Hall–Kier alpha value is -2.08. The van der Waals surface area contributed by atoms with Crippen molar-refractivity contribution in [2.24, 2.45) is 0 Å². The predicted molar refractivity (Wildman–Crippen MR) is 85.8 cm³/mol. The molecular weight excluding hydrogens is 286 g/mol. The molecule has 0 aromatic carbocycles. The third-order valence-electron chi connectivity index (χ3n) is 3.29. The first kappa shape index (κ1) is 15.3. The molecule has 0 aliphatic heterocycles. The van der Waals surface area contributed by atoms with Crippen LogP contribution in [-0.2, 0) is 4.74 Å². The van der Waals surface area contributed by atoms with Crippen LogP contribution in [0.3, 0.4) is 0 Å². The van der Waals surface area contributed by atoms with Crippen LogP contribution < -0.4 is 11.1 Å². The molecule has 6 heteroatoms. The second kappa shape index (κ2) is 6.13. The molecule has 1 atom stereocenters. The van der Waals surface area contributed by atoms with E-state index in [0.29, 0.717) is 17.1 Å². The maximum absolute atomic E-state index is 11.6. The van der Waals surface area contributed by atoms with Crippen molar-refractivity contribution >= 4 is 28.8 Å². The zero-order valence-corrected chi connectivity index (χ0v) is 13.4. The van der Waals surface area contributed by atoms with Gasteiger partial charge in [0.05, 0.1) is 24.4 Å². The lowest BCUT2D eigenvalue weighted by Crippen LogP contribution is -2.13. The predicted octanol–water partition coefficient (Wildman–Crippen LogP) is 3.30. The largest absolute Gasteiger partial charge is 0.465 e. The smallest absolute Gasteiger partial charge is 0.340 e. The summed E-state index contributed by atoms with van der Waals surface area (Å²) in [5.74, 6) is 0.0295. The molecule has 2 aromatic heterocycles. The molecule has 112 valence electrons. The Bertz CT molecular complexity index is 667. The lowest BCUT2D eigenvalue weighted by Gasteiger charge is -2.17. The fraction of sp³-hybridized carbons (Fsp3) is 0.333. The van der Waals surface area contributed by atoms with Gasteiger partial charge in [0.25, 0.3) is 0 Å². The Morgan fingerprint density at radius 2 is 2.19 bits per heavy atom. The van der Waals surface area contributed by atoms with Crippen molar-refractivity contribution in [2.75, 3.05) is 18.2 Å². The number of carbonyl (C=O) groups excluding carboxylic acids is 1. The first-order chi connectivity index (χ1) is 9.93. The molecule has 0 spiro atoms. The Balaban J connectivity index is 2.27. The van der Waals surface area contributed by atoms with Crippen LogP contribution in [-0.4, -0.2) is 18.1 Å². The van der Waals surface area contributed by atoms with Crippen molar-refractivity contribution in [3.8, 4) is 0 Å². The number of methoxy groups -OCH3 is 1. The van der Waals surface area contributed by atoms with Gasteiger partial charge in [0.1, 0.15) is 0 Å². The number of carbonyl (C=O) groups is 1. The summed E-state index contributed by atoms with van der Waals surface area (Å²) in [5, 5.41) is 3.26. The van der Waals surface area contributed by atoms with E-state index in [2.05, 4.69) is 30.2 Å². The monoisotopic (exact) mass is 305 g/mol. The number of esters is 1. The normalized spacial score (nSPS) is 12.0. The van der Waals surface area contributed by atoms with Crippen LogP contribution in [0, 0.1) is 13.8 Å². The summed E-state index contributed by atoms with van der Waals surface area (Å²) in [6.45, 7) is 6.21. The lowest BCUT2D eigenvalue weighted by atomic mass is 10.1. The number of nitrogens with two attached hydrogens (primary N) is 1. The van der Waals surface area contributed by atoms with Crippen molar-refractivity contribution in [3.63, 3.8) is 0 Å². The van der Waals surface area contributed by atoms with E-state index in [0.717, 1.165) is 0 Å². The molecule has 21 heavy (non-hydrogen) atoms. The van der Waals surface area contributed by atoms with Gasteiger partial charge in [0.15, 0.2) is 5.82 Å². The minimum Gasteiger partial charge on any atom is -0.465 e. The van der Waals surface area contributed by atoms with Gasteiger partial charge >= 0.3 is 5.97 Å². The van der Waals surface area contributed by atoms with E-state index in [1.807, 2.05) is 6.92 Å². The Kier molecular flexibility index (Phi) is 4.47. The number of ether oxygens (including phenoxy) is 1. The second-order valence-electron chi connectivity index (χ2n) is 4.85. The average Bonchev–Trinajstić information content (AvgIpc) is 2.79. The van der Waals surface area contributed by atoms with Gasteiger partial charge in [0.2, 0.25) is 0 Å². The number of hydrogen-bond acceptors (Lipinski definition) is 6. The highest BCUT2D eigenvalue weighted by Gasteiger charge is 2.17. The van der Waals surface area contributed by atoms with Crippen LogP contribution in [0.1, 0.15) is 38.6 Å². The first-order valence-electron chi connectivity index (χ1n) is 6.60. The van der Waals surface area contributed by atoms with Gasteiger partial charge in [-0.25, -0.2) is 9.78 Å². The van der Waals surface area contributed by atoms with E-state index in [1.54, 1.807) is 23.6 Å². The SMILES string of the molecule is COC(=O)c1ccnc(NC(C)c2cc(C)sc2C)c1N. The molecule has 0 aliphatic carbocycles. The molecule has 2 aromatic rings. The van der Waals surface area contributed by atoms with Crippen molar-refractivity contribution in [1.29, 1.82) is 0 Å². The van der Waals surface area contributed by atoms with E-state index in [-0.39, 0.29) is 6.04 Å². The van der Waals surface area contributed by atoms with Crippen molar-refractivity contribution < 1.29 is 9.53 Å². The highest BCUT2D eigenvalue weighted by atomic mass is 32.1. The van der Waals surface area contributed by atoms with Crippen molar-refractivity contribution in [1.82, 2.24) is 4.98 Å². The molecular formula is C15H19N3O2S. The molecule has 0 bridgehead atoms. The second-order valence-corrected chi connectivity index (χ2v) is 6.31. The van der Waals surface area contributed by atoms with Crippen LogP contribution >= 0.6 is 11.3 Å². The third-order valence-corrected chi connectivity index (χ3v) is 4.28. The molecule has 2 rings (SSSR count). The van der Waals surface area contributed by atoms with Gasteiger partial charge in [-0.2, -0.15) is 0 Å². The topological polar surface area (TPSA) is 77.2 Å². The van der Waals surface area contributed by atoms with Crippen LogP contribution in [0.4, 0.5) is 11.5 Å². The summed E-state index contributed by atoms with van der Waals surface area (Å²) in [6, 6.07) is 3.76. The number of thiophene rings is 1. The summed E-state index contributed by atoms with van der Waals surface area (Å²) in [4.78, 5) is 18.4. The van der Waals surface area contributed by atoms with Crippen LogP contribution in [0.15, 0.2) is 18.3 Å². The number of nitrogen functional groups attached to an aromatic ring is 1. The van der Waals surface area contributed by atoms with E-state index < -0.39 is 5.97 Å². The minimum absolute atomic E-state index is 0.0534. The summed E-state index contributed by atoms with van der Waals surface area (Å²) in [7, 11) is 1.33. The average molecular weight is 305 g/mol. The van der Waals surface area contributed by atoms with Crippen LogP contribution in [0.25, 0.3) is 0 Å². The van der Waals surface area contributed by atoms with Gasteiger partial charge in [-0.05, 0) is 38.5 Å². The van der Waals surface area contributed by atoms with Crippen LogP contribution in [0.2, 0.25) is 0 Å². The number of pyridine rings is 1. The van der Waals surface area contributed by atoms with Gasteiger partial charge in [0, 0.05) is 16.0 Å². The number of aryl methyl sites for hydroxylation is 2. The Labute approximate surface area is 128 Å². The number of aromatic nitrogens is 1.